The average Bonchev–Trinajstić information content (AvgIpc) is 2.62. The van der Waals surface area contributed by atoms with Gasteiger partial charge in [0.2, 0.25) is 0 Å². The lowest BCUT2D eigenvalue weighted by Gasteiger charge is -2.37. The zero-order chi connectivity index (χ0) is 20.0. The molecule has 0 saturated carbocycles. The van der Waals surface area contributed by atoms with Crippen molar-refractivity contribution in [3.8, 4) is 11.5 Å². The van der Waals surface area contributed by atoms with E-state index in [0.717, 1.165) is 49.2 Å². The van der Waals surface area contributed by atoms with Gasteiger partial charge >= 0.3 is 5.97 Å². The Balaban J connectivity index is 1.91. The molecule has 0 fully saturated rings. The second-order valence-electron chi connectivity index (χ2n) is 7.83. The number of aliphatic carboxylic acids is 1. The van der Waals surface area contributed by atoms with Crippen LogP contribution in [0, 0.1) is 12.8 Å². The zero-order valence-electron chi connectivity index (χ0n) is 17.2. The molecule has 2 atom stereocenters. The number of hydrogen-bond donors (Lipinski definition) is 1. The monoisotopic (exact) mass is 372 g/mol. The van der Waals surface area contributed by atoms with E-state index < -0.39 is 11.9 Å². The number of rotatable bonds is 8. The molecular formula is C23H32O4. The molecule has 0 amide bonds. The highest BCUT2D eigenvalue weighted by Gasteiger charge is 2.32. The molecule has 2 unspecified atom stereocenters. The van der Waals surface area contributed by atoms with E-state index in [-0.39, 0.29) is 5.60 Å². The molecule has 0 aromatic heterocycles. The fourth-order valence-electron chi connectivity index (χ4n) is 3.38. The maximum Gasteiger partial charge on any atom is 0.310 e. The highest BCUT2D eigenvalue weighted by molar-refractivity contribution is 5.71. The van der Waals surface area contributed by atoms with Crippen LogP contribution in [0.25, 0.3) is 0 Å². The number of carbonyl (C=O) groups is 1. The molecule has 0 bridgehead atoms. The highest BCUT2D eigenvalue weighted by Crippen LogP contribution is 2.40. The molecule has 0 spiro atoms. The topological polar surface area (TPSA) is 55.8 Å². The standard InChI is InChI=1S/C23H32O4/c1-16(8-6-10-17(2)22(24)25)9-7-12-23(4)13-11-19-15-20(26-5)14-18(3)21(19)27-23/h6,9-10,14-15,17H,7-8,11-13H2,1-5H3,(H,24,25). The minimum Gasteiger partial charge on any atom is -0.497 e. The van der Waals surface area contributed by atoms with Crippen LogP contribution in [0.3, 0.4) is 0 Å². The SMILES string of the molecule is COc1cc(C)c2c(c1)CCC(C)(CCC=C(C)CC=CC(C)C(=O)O)O2. The van der Waals surface area contributed by atoms with Crippen LogP contribution >= 0.6 is 0 Å². The summed E-state index contributed by atoms with van der Waals surface area (Å²) >= 11 is 0. The van der Waals surface area contributed by atoms with Crippen LogP contribution in [0.1, 0.15) is 57.6 Å². The zero-order valence-corrected chi connectivity index (χ0v) is 17.2. The van der Waals surface area contributed by atoms with Gasteiger partial charge in [0.25, 0.3) is 0 Å². The summed E-state index contributed by atoms with van der Waals surface area (Å²) in [5.41, 5.74) is 3.45. The molecule has 0 radical (unpaired) electrons. The number of carboxylic acid groups (broad SMARTS) is 1. The first-order chi connectivity index (χ1) is 12.7. The molecule has 2 rings (SSSR count). The molecule has 148 valence electrons. The Morgan fingerprint density at radius 1 is 1.44 bits per heavy atom. The largest absolute Gasteiger partial charge is 0.497 e. The van der Waals surface area contributed by atoms with Gasteiger partial charge in [-0.2, -0.15) is 0 Å². The average molecular weight is 373 g/mol. The number of aryl methyl sites for hydroxylation is 2. The molecule has 1 aliphatic heterocycles. The fraction of sp³-hybridized carbons (Fsp3) is 0.522. The van der Waals surface area contributed by atoms with E-state index >= 15 is 0 Å². The van der Waals surface area contributed by atoms with Crippen molar-refractivity contribution in [3.63, 3.8) is 0 Å². The Morgan fingerprint density at radius 2 is 2.19 bits per heavy atom. The molecule has 0 aliphatic carbocycles. The third-order valence-electron chi connectivity index (χ3n) is 5.25. The third kappa shape index (κ3) is 5.88. The van der Waals surface area contributed by atoms with Crippen LogP contribution in [-0.2, 0) is 11.2 Å². The van der Waals surface area contributed by atoms with E-state index in [2.05, 4.69) is 32.9 Å². The number of ether oxygens (including phenoxy) is 2. The Kier molecular flexibility index (Phi) is 7.11. The number of allylic oxidation sites excluding steroid dienone is 3. The molecule has 1 aliphatic rings. The summed E-state index contributed by atoms with van der Waals surface area (Å²) in [6.45, 7) is 8.04. The van der Waals surface area contributed by atoms with Gasteiger partial charge in [0.15, 0.2) is 0 Å². The summed E-state index contributed by atoms with van der Waals surface area (Å²) in [5.74, 6) is 0.677. The predicted molar refractivity (Wildman–Crippen MR) is 109 cm³/mol. The lowest BCUT2D eigenvalue weighted by molar-refractivity contribution is -0.139. The summed E-state index contributed by atoms with van der Waals surface area (Å²) in [7, 11) is 1.70. The molecule has 4 nitrogen and oxygen atoms in total. The van der Waals surface area contributed by atoms with E-state index in [4.69, 9.17) is 14.6 Å². The quantitative estimate of drug-likeness (QED) is 0.614. The van der Waals surface area contributed by atoms with Crippen molar-refractivity contribution in [2.75, 3.05) is 7.11 Å². The van der Waals surface area contributed by atoms with Crippen LogP contribution in [-0.4, -0.2) is 23.8 Å². The smallest absolute Gasteiger partial charge is 0.310 e. The number of hydrogen-bond acceptors (Lipinski definition) is 3. The van der Waals surface area contributed by atoms with E-state index in [1.165, 1.54) is 11.1 Å². The summed E-state index contributed by atoms with van der Waals surface area (Å²) in [4.78, 5) is 10.8. The number of fused-ring (bicyclic) bond motifs is 1. The van der Waals surface area contributed by atoms with Crippen molar-refractivity contribution >= 4 is 5.97 Å². The summed E-state index contributed by atoms with van der Waals surface area (Å²) in [5, 5.41) is 8.89. The van der Waals surface area contributed by atoms with Crippen molar-refractivity contribution in [1.82, 2.24) is 0 Å². The third-order valence-corrected chi connectivity index (χ3v) is 5.25. The number of benzene rings is 1. The van der Waals surface area contributed by atoms with Gasteiger partial charge in [-0.1, -0.05) is 23.8 Å². The predicted octanol–water partition coefficient (Wildman–Crippen LogP) is 5.48. The normalized spacial score (nSPS) is 20.9. The molecule has 4 heteroatoms. The highest BCUT2D eigenvalue weighted by atomic mass is 16.5. The second kappa shape index (κ2) is 9.12. The van der Waals surface area contributed by atoms with E-state index in [1.54, 1.807) is 20.1 Å². The van der Waals surface area contributed by atoms with Crippen molar-refractivity contribution in [2.24, 2.45) is 5.92 Å². The van der Waals surface area contributed by atoms with Gasteiger partial charge in [0, 0.05) is 0 Å². The lowest BCUT2D eigenvalue weighted by Crippen LogP contribution is -2.36. The molecule has 27 heavy (non-hydrogen) atoms. The van der Waals surface area contributed by atoms with Crippen molar-refractivity contribution < 1.29 is 19.4 Å². The van der Waals surface area contributed by atoms with Gasteiger partial charge in [0.05, 0.1) is 13.0 Å². The van der Waals surface area contributed by atoms with Gasteiger partial charge in [-0.15, -0.1) is 0 Å². The van der Waals surface area contributed by atoms with Crippen LogP contribution < -0.4 is 9.47 Å². The fourth-order valence-corrected chi connectivity index (χ4v) is 3.38. The van der Waals surface area contributed by atoms with Crippen molar-refractivity contribution in [2.45, 2.75) is 65.4 Å². The molecule has 1 aromatic rings. The Hall–Kier alpha value is -2.23. The van der Waals surface area contributed by atoms with Gasteiger partial charge in [-0.25, -0.2) is 0 Å². The van der Waals surface area contributed by atoms with Gasteiger partial charge < -0.3 is 14.6 Å². The summed E-state index contributed by atoms with van der Waals surface area (Å²) in [6.07, 6.45) is 10.6. The van der Waals surface area contributed by atoms with Gasteiger partial charge in [-0.05, 0) is 83.1 Å². The molecule has 1 aromatic carbocycles. The maximum absolute atomic E-state index is 10.8. The van der Waals surface area contributed by atoms with Gasteiger partial charge in [0.1, 0.15) is 17.1 Å². The minimum atomic E-state index is -0.788. The summed E-state index contributed by atoms with van der Waals surface area (Å²) in [6, 6.07) is 4.11. The first kappa shape index (κ1) is 21.1. The first-order valence-electron chi connectivity index (χ1n) is 9.66. The van der Waals surface area contributed by atoms with E-state index in [1.807, 2.05) is 12.1 Å². The first-order valence-corrected chi connectivity index (χ1v) is 9.66. The van der Waals surface area contributed by atoms with Crippen LogP contribution in [0.4, 0.5) is 0 Å². The Labute approximate surface area is 162 Å². The maximum atomic E-state index is 10.8. The van der Waals surface area contributed by atoms with Crippen molar-refractivity contribution in [3.05, 3.63) is 47.1 Å². The van der Waals surface area contributed by atoms with E-state index in [9.17, 15) is 4.79 Å². The molecule has 1 N–H and O–H groups in total. The lowest BCUT2D eigenvalue weighted by atomic mass is 9.87. The molecular weight excluding hydrogens is 340 g/mol. The van der Waals surface area contributed by atoms with Gasteiger partial charge in [-0.3, -0.25) is 4.79 Å². The van der Waals surface area contributed by atoms with Crippen LogP contribution in [0.2, 0.25) is 0 Å². The number of carboxylic acids is 1. The van der Waals surface area contributed by atoms with Crippen LogP contribution in [0.15, 0.2) is 35.9 Å². The second-order valence-corrected chi connectivity index (χ2v) is 7.83. The van der Waals surface area contributed by atoms with E-state index in [0.29, 0.717) is 0 Å². The number of methoxy groups -OCH3 is 1. The Bertz CT molecular complexity index is 732. The van der Waals surface area contributed by atoms with Crippen LogP contribution in [0.5, 0.6) is 11.5 Å². The minimum absolute atomic E-state index is 0.156. The summed E-state index contributed by atoms with van der Waals surface area (Å²) < 4.78 is 11.8. The van der Waals surface area contributed by atoms with Crippen molar-refractivity contribution in [1.29, 1.82) is 0 Å². The molecule has 1 heterocycles. The Morgan fingerprint density at radius 3 is 2.85 bits per heavy atom. The molecule has 0 saturated heterocycles.